The second-order valence-electron chi connectivity index (χ2n) is 6.66. The van der Waals surface area contributed by atoms with Crippen LogP contribution in [0.25, 0.3) is 6.08 Å². The van der Waals surface area contributed by atoms with Crippen LogP contribution in [0.5, 0.6) is 5.75 Å². The van der Waals surface area contributed by atoms with Crippen LogP contribution in [-0.2, 0) is 4.79 Å². The summed E-state index contributed by atoms with van der Waals surface area (Å²) in [6.07, 6.45) is 3.72. The van der Waals surface area contributed by atoms with E-state index in [-0.39, 0.29) is 16.1 Å². The van der Waals surface area contributed by atoms with Crippen LogP contribution in [0.2, 0.25) is 0 Å². The van der Waals surface area contributed by atoms with Crippen molar-refractivity contribution in [1.82, 2.24) is 10.4 Å². The van der Waals surface area contributed by atoms with Gasteiger partial charge < -0.3 is 4.74 Å². The van der Waals surface area contributed by atoms with Crippen LogP contribution in [0.4, 0.5) is 0 Å². The minimum atomic E-state index is -0.378. The van der Waals surface area contributed by atoms with Gasteiger partial charge in [-0.1, -0.05) is 59.2 Å². The Morgan fingerprint density at radius 3 is 2.80 bits per heavy atom. The fourth-order valence-corrected chi connectivity index (χ4v) is 4.33. The maximum atomic E-state index is 12.9. The quantitative estimate of drug-likeness (QED) is 0.307. The molecule has 1 saturated heterocycles. The van der Waals surface area contributed by atoms with Gasteiger partial charge in [0.25, 0.3) is 11.8 Å². The zero-order valence-electron chi connectivity index (χ0n) is 16.6. The number of carbonyl (C=O) groups excluding carboxylic acids is 2. The smallest absolute Gasteiger partial charge is 0.285 e. The maximum absolute atomic E-state index is 12.9. The lowest BCUT2D eigenvalue weighted by atomic mass is 10.1. The molecule has 0 atom stereocenters. The number of hydrogen-bond acceptors (Lipinski definition) is 5. The summed E-state index contributed by atoms with van der Waals surface area (Å²) < 4.78 is 7.01. The first-order chi connectivity index (χ1) is 14.4. The molecule has 2 aromatic carbocycles. The summed E-state index contributed by atoms with van der Waals surface area (Å²) in [5.41, 5.74) is 4.70. The Labute approximate surface area is 194 Å². The number of hydrogen-bond donors (Lipinski definition) is 1. The Bertz CT molecular complexity index is 1020. The fraction of sp³-hybridized carbons (Fsp3) is 0.227. The van der Waals surface area contributed by atoms with Crippen LogP contribution in [0.1, 0.15) is 41.3 Å². The number of nitrogens with zero attached hydrogens (tertiary/aromatic N) is 1. The van der Waals surface area contributed by atoms with Crippen molar-refractivity contribution in [2.45, 2.75) is 26.7 Å². The van der Waals surface area contributed by atoms with Crippen LogP contribution in [0.3, 0.4) is 0 Å². The Kier molecular flexibility index (Phi) is 7.69. The van der Waals surface area contributed by atoms with Gasteiger partial charge in [0.15, 0.2) is 4.32 Å². The summed E-state index contributed by atoms with van der Waals surface area (Å²) in [6, 6.07) is 12.8. The Balaban J connectivity index is 1.81. The normalized spacial score (nSPS) is 15.0. The molecule has 0 unspecified atom stereocenters. The lowest BCUT2D eigenvalue weighted by molar-refractivity contribution is -0.123. The molecule has 1 aliphatic rings. The number of benzene rings is 2. The molecule has 2 aromatic rings. The number of aryl methyl sites for hydroxylation is 1. The molecule has 0 aliphatic carbocycles. The zero-order chi connectivity index (χ0) is 21.7. The SMILES string of the molecule is CCCCOc1ccc(Br)cc1/C=C1/SC(=S)N(NC(=O)c2ccccc2C)C1=O. The van der Waals surface area contributed by atoms with Crippen LogP contribution in [0, 0.1) is 6.92 Å². The Morgan fingerprint density at radius 1 is 1.30 bits per heavy atom. The monoisotopic (exact) mass is 504 g/mol. The van der Waals surface area contributed by atoms with Gasteiger partial charge in [0.2, 0.25) is 0 Å². The van der Waals surface area contributed by atoms with Gasteiger partial charge in [-0.2, -0.15) is 5.01 Å². The number of hydrazine groups is 1. The van der Waals surface area contributed by atoms with Gasteiger partial charge in [0.05, 0.1) is 11.5 Å². The summed E-state index contributed by atoms with van der Waals surface area (Å²) in [4.78, 5) is 25.9. The predicted molar refractivity (Wildman–Crippen MR) is 128 cm³/mol. The minimum Gasteiger partial charge on any atom is -0.493 e. The first kappa shape index (κ1) is 22.5. The van der Waals surface area contributed by atoms with Crippen molar-refractivity contribution >= 4 is 62.1 Å². The summed E-state index contributed by atoms with van der Waals surface area (Å²) in [5.74, 6) is -0.0519. The fourth-order valence-electron chi connectivity index (χ4n) is 2.78. The minimum absolute atomic E-state index is 0.275. The topological polar surface area (TPSA) is 58.6 Å². The second-order valence-corrected chi connectivity index (χ2v) is 9.25. The number of rotatable bonds is 7. The highest BCUT2D eigenvalue weighted by atomic mass is 79.9. The van der Waals surface area contributed by atoms with Crippen molar-refractivity contribution in [3.63, 3.8) is 0 Å². The molecule has 30 heavy (non-hydrogen) atoms. The van der Waals surface area contributed by atoms with Crippen molar-refractivity contribution in [2.75, 3.05) is 6.61 Å². The molecule has 0 saturated carbocycles. The molecular formula is C22H21BrN2O3S2. The van der Waals surface area contributed by atoms with Gasteiger partial charge in [-0.15, -0.1) is 0 Å². The number of halogens is 1. The average Bonchev–Trinajstić information content (AvgIpc) is 2.97. The van der Waals surface area contributed by atoms with Gasteiger partial charge in [-0.25, -0.2) is 0 Å². The van der Waals surface area contributed by atoms with E-state index in [0.29, 0.717) is 22.8 Å². The summed E-state index contributed by atoms with van der Waals surface area (Å²) in [7, 11) is 0. The molecule has 2 amide bonds. The van der Waals surface area contributed by atoms with E-state index in [1.165, 1.54) is 0 Å². The van der Waals surface area contributed by atoms with Gasteiger partial charge >= 0.3 is 0 Å². The van der Waals surface area contributed by atoms with Gasteiger partial charge in [0, 0.05) is 15.6 Å². The van der Waals surface area contributed by atoms with Crippen molar-refractivity contribution in [1.29, 1.82) is 0 Å². The molecule has 1 fully saturated rings. The standard InChI is InChI=1S/C22H21BrN2O3S2/c1-3-4-11-28-18-10-9-16(23)12-15(18)13-19-21(27)25(22(29)30-19)24-20(26)17-8-6-5-7-14(17)2/h5-10,12-13H,3-4,11H2,1-2H3,(H,24,26)/b19-13+. The van der Waals surface area contributed by atoms with Crippen molar-refractivity contribution in [3.8, 4) is 5.75 Å². The first-order valence-electron chi connectivity index (χ1n) is 9.47. The molecular weight excluding hydrogens is 484 g/mol. The summed E-state index contributed by atoms with van der Waals surface area (Å²) in [5, 5.41) is 1.12. The molecule has 1 heterocycles. The van der Waals surface area contributed by atoms with E-state index in [1.54, 1.807) is 18.2 Å². The number of ether oxygens (including phenoxy) is 1. The van der Waals surface area contributed by atoms with Crippen molar-refractivity contribution < 1.29 is 14.3 Å². The lowest BCUT2D eigenvalue weighted by Crippen LogP contribution is -2.45. The summed E-state index contributed by atoms with van der Waals surface area (Å²) in [6.45, 7) is 4.54. The molecule has 0 spiro atoms. The van der Waals surface area contributed by atoms with Crippen LogP contribution < -0.4 is 10.2 Å². The average molecular weight is 505 g/mol. The third-order valence-corrected chi connectivity index (χ3v) is 6.21. The van der Waals surface area contributed by atoms with Gasteiger partial charge in [-0.05, 0) is 61.5 Å². The van der Waals surface area contributed by atoms with Gasteiger partial charge in [-0.3, -0.25) is 15.0 Å². The van der Waals surface area contributed by atoms with Crippen molar-refractivity contribution in [3.05, 3.63) is 68.5 Å². The Hall–Kier alpha value is -2.16. The molecule has 0 aromatic heterocycles. The van der Waals surface area contributed by atoms with E-state index in [2.05, 4.69) is 28.3 Å². The molecule has 1 aliphatic heterocycles. The highest BCUT2D eigenvalue weighted by Crippen LogP contribution is 2.34. The number of thiocarbonyl (C=S) groups is 1. The van der Waals surface area contributed by atoms with Crippen molar-refractivity contribution in [2.24, 2.45) is 0 Å². The van der Waals surface area contributed by atoms with E-state index in [9.17, 15) is 9.59 Å². The summed E-state index contributed by atoms with van der Waals surface area (Å²) >= 11 is 9.93. The first-order valence-corrected chi connectivity index (χ1v) is 11.5. The predicted octanol–water partition coefficient (Wildman–Crippen LogP) is 5.48. The van der Waals surface area contributed by atoms with E-state index >= 15 is 0 Å². The van der Waals surface area contributed by atoms with E-state index < -0.39 is 0 Å². The number of thioether (sulfide) groups is 1. The molecule has 156 valence electrons. The molecule has 0 bridgehead atoms. The van der Waals surface area contributed by atoms with E-state index in [1.807, 2.05) is 37.3 Å². The molecule has 3 rings (SSSR count). The zero-order valence-corrected chi connectivity index (χ0v) is 19.8. The van der Waals surface area contributed by atoms with E-state index in [0.717, 1.165) is 45.2 Å². The molecule has 1 N–H and O–H groups in total. The maximum Gasteiger partial charge on any atom is 0.285 e. The molecule has 5 nitrogen and oxygen atoms in total. The number of carbonyl (C=O) groups is 2. The van der Waals surface area contributed by atoms with Crippen LogP contribution in [-0.4, -0.2) is 27.8 Å². The number of amides is 2. The molecule has 0 radical (unpaired) electrons. The van der Waals surface area contributed by atoms with Crippen LogP contribution >= 0.6 is 39.9 Å². The lowest BCUT2D eigenvalue weighted by Gasteiger charge is -2.16. The third kappa shape index (κ3) is 5.30. The largest absolute Gasteiger partial charge is 0.493 e. The number of unbranched alkanes of at least 4 members (excludes halogenated alkanes) is 1. The van der Waals surface area contributed by atoms with Crippen LogP contribution in [0.15, 0.2) is 51.8 Å². The van der Waals surface area contributed by atoms with Gasteiger partial charge in [0.1, 0.15) is 5.75 Å². The second kappa shape index (κ2) is 10.2. The number of nitrogens with one attached hydrogen (secondary N) is 1. The highest BCUT2D eigenvalue weighted by molar-refractivity contribution is 9.10. The Morgan fingerprint density at radius 2 is 2.07 bits per heavy atom. The highest BCUT2D eigenvalue weighted by Gasteiger charge is 2.34. The molecule has 8 heteroatoms. The third-order valence-electron chi connectivity index (χ3n) is 4.41. The van der Waals surface area contributed by atoms with E-state index in [4.69, 9.17) is 17.0 Å².